The molecule has 4 rings (SSSR count). The second-order valence-electron chi connectivity index (χ2n) is 9.06. The summed E-state index contributed by atoms with van der Waals surface area (Å²) in [6.07, 6.45) is 6.52. The quantitative estimate of drug-likeness (QED) is 0.572. The van der Waals surface area contributed by atoms with Crippen molar-refractivity contribution in [3.05, 3.63) is 65.6 Å². The number of piperidine rings is 1. The van der Waals surface area contributed by atoms with Crippen molar-refractivity contribution in [2.45, 2.75) is 59.4 Å². The van der Waals surface area contributed by atoms with Gasteiger partial charge in [0, 0.05) is 67.1 Å². The number of likely N-dealkylation sites (tertiary alicyclic amines) is 1. The number of hydrogen-bond donors (Lipinski definition) is 1. The molecule has 0 radical (unpaired) electrons. The predicted octanol–water partition coefficient (Wildman–Crippen LogP) is 4.64. The first-order valence-electron chi connectivity index (χ1n) is 11.9. The van der Waals surface area contributed by atoms with E-state index < -0.39 is 0 Å². The summed E-state index contributed by atoms with van der Waals surface area (Å²) < 4.78 is 2.10. The molecule has 1 N–H and O–H groups in total. The number of hydrogen-bond acceptors (Lipinski definition) is 5. The molecule has 0 aliphatic carbocycles. The largest absolute Gasteiger partial charge is 0.342 e. The van der Waals surface area contributed by atoms with E-state index in [0.717, 1.165) is 66.8 Å². The fourth-order valence-electron chi connectivity index (χ4n) is 4.64. The van der Waals surface area contributed by atoms with Crippen molar-refractivity contribution < 1.29 is 4.79 Å². The lowest BCUT2D eigenvalue weighted by atomic mass is 9.92. The van der Waals surface area contributed by atoms with E-state index in [1.807, 2.05) is 56.3 Å². The van der Waals surface area contributed by atoms with Gasteiger partial charge in [0.2, 0.25) is 5.91 Å². The Hall–Kier alpha value is -3.22. The Morgan fingerprint density at radius 3 is 2.67 bits per heavy atom. The van der Waals surface area contributed by atoms with Crippen molar-refractivity contribution >= 4 is 17.4 Å². The highest BCUT2D eigenvalue weighted by Gasteiger charge is 2.28. The number of aromatic nitrogens is 4. The standard InChI is InChI=1S/C26H34N6O/c1-5-25-27-11-14-32(25)17-18(2)26(33)31-12-9-21(10-13-31)23-16-22(15-20(4)28-23)30-24-8-6-7-19(3)29-24/h6-8,11,14-16,18,21H,5,9-10,12-13,17H2,1-4H3,(H,28,29,30). The van der Waals surface area contributed by atoms with Crippen LogP contribution in [0.15, 0.2) is 42.7 Å². The minimum Gasteiger partial charge on any atom is -0.342 e. The highest BCUT2D eigenvalue weighted by atomic mass is 16.2. The van der Waals surface area contributed by atoms with Gasteiger partial charge < -0.3 is 14.8 Å². The summed E-state index contributed by atoms with van der Waals surface area (Å²) in [6.45, 7) is 10.4. The Bertz CT molecular complexity index is 1100. The summed E-state index contributed by atoms with van der Waals surface area (Å²) in [5.74, 6) is 2.40. The number of imidazole rings is 1. The molecule has 1 fully saturated rings. The van der Waals surface area contributed by atoms with Gasteiger partial charge in [0.15, 0.2) is 0 Å². The Kier molecular flexibility index (Phi) is 7.06. The van der Waals surface area contributed by atoms with E-state index in [-0.39, 0.29) is 11.8 Å². The topological polar surface area (TPSA) is 75.9 Å². The van der Waals surface area contributed by atoms with Gasteiger partial charge in [-0.3, -0.25) is 9.78 Å². The number of amides is 1. The van der Waals surface area contributed by atoms with Crippen LogP contribution >= 0.6 is 0 Å². The fourth-order valence-corrected chi connectivity index (χ4v) is 4.64. The average Bonchev–Trinajstić information content (AvgIpc) is 3.25. The Morgan fingerprint density at radius 1 is 1.15 bits per heavy atom. The molecule has 7 heteroatoms. The maximum Gasteiger partial charge on any atom is 0.227 e. The van der Waals surface area contributed by atoms with Gasteiger partial charge in [-0.15, -0.1) is 0 Å². The van der Waals surface area contributed by atoms with Gasteiger partial charge in [0.05, 0.1) is 5.92 Å². The average molecular weight is 447 g/mol. The summed E-state index contributed by atoms with van der Waals surface area (Å²) in [5.41, 5.74) is 4.07. The zero-order chi connectivity index (χ0) is 23.4. The summed E-state index contributed by atoms with van der Waals surface area (Å²) in [7, 11) is 0. The van der Waals surface area contributed by atoms with E-state index in [2.05, 4.69) is 38.9 Å². The number of nitrogens with zero attached hydrogens (tertiary/aromatic N) is 5. The Morgan fingerprint density at radius 2 is 1.94 bits per heavy atom. The first-order valence-corrected chi connectivity index (χ1v) is 11.9. The maximum atomic E-state index is 13.1. The Labute approximate surface area is 196 Å². The van der Waals surface area contributed by atoms with Crippen molar-refractivity contribution in [1.82, 2.24) is 24.4 Å². The number of carbonyl (C=O) groups excluding carboxylic acids is 1. The zero-order valence-corrected chi connectivity index (χ0v) is 20.1. The number of aryl methyl sites for hydroxylation is 3. The lowest BCUT2D eigenvalue weighted by molar-refractivity contribution is -0.136. The van der Waals surface area contributed by atoms with Gasteiger partial charge in [-0.2, -0.15) is 0 Å². The zero-order valence-electron chi connectivity index (χ0n) is 20.1. The van der Waals surface area contributed by atoms with E-state index >= 15 is 0 Å². The second kappa shape index (κ2) is 10.1. The third-order valence-corrected chi connectivity index (χ3v) is 6.37. The third-order valence-electron chi connectivity index (χ3n) is 6.37. The molecule has 0 spiro atoms. The molecule has 4 heterocycles. The van der Waals surface area contributed by atoms with Crippen LogP contribution in [0.3, 0.4) is 0 Å². The van der Waals surface area contributed by atoms with Gasteiger partial charge in [-0.1, -0.05) is 19.9 Å². The summed E-state index contributed by atoms with van der Waals surface area (Å²) in [5, 5.41) is 3.41. The van der Waals surface area contributed by atoms with Gasteiger partial charge >= 0.3 is 0 Å². The molecule has 33 heavy (non-hydrogen) atoms. The van der Waals surface area contributed by atoms with Crippen LogP contribution in [0, 0.1) is 19.8 Å². The third kappa shape index (κ3) is 5.59. The van der Waals surface area contributed by atoms with Crippen LogP contribution in [-0.4, -0.2) is 43.4 Å². The van der Waals surface area contributed by atoms with Crippen molar-refractivity contribution in [3.63, 3.8) is 0 Å². The van der Waals surface area contributed by atoms with E-state index in [0.29, 0.717) is 12.5 Å². The molecule has 0 bridgehead atoms. The minimum absolute atomic E-state index is 0.0595. The van der Waals surface area contributed by atoms with Crippen LogP contribution in [0.1, 0.15) is 55.5 Å². The highest BCUT2D eigenvalue weighted by Crippen LogP contribution is 2.30. The summed E-state index contributed by atoms with van der Waals surface area (Å²) >= 11 is 0. The SMILES string of the molecule is CCc1nccn1CC(C)C(=O)N1CCC(c2cc(Nc3cccc(C)n3)cc(C)n2)CC1. The predicted molar refractivity (Wildman–Crippen MR) is 131 cm³/mol. The molecule has 1 amide bonds. The van der Waals surface area contributed by atoms with Crippen LogP contribution in [-0.2, 0) is 17.8 Å². The fraction of sp³-hybridized carbons (Fsp3) is 0.462. The molecule has 1 saturated heterocycles. The van der Waals surface area contributed by atoms with Crippen LogP contribution in [0.25, 0.3) is 0 Å². The highest BCUT2D eigenvalue weighted by molar-refractivity contribution is 5.78. The van der Waals surface area contributed by atoms with Crippen molar-refractivity contribution in [3.8, 4) is 0 Å². The summed E-state index contributed by atoms with van der Waals surface area (Å²) in [4.78, 5) is 28.8. The molecule has 7 nitrogen and oxygen atoms in total. The van der Waals surface area contributed by atoms with Crippen molar-refractivity contribution in [2.75, 3.05) is 18.4 Å². The number of rotatable bonds is 7. The number of carbonyl (C=O) groups is 1. The number of anilines is 2. The maximum absolute atomic E-state index is 13.1. The van der Waals surface area contributed by atoms with Crippen LogP contribution < -0.4 is 5.32 Å². The van der Waals surface area contributed by atoms with Gasteiger partial charge in [0.1, 0.15) is 11.6 Å². The molecule has 0 saturated carbocycles. The molecular weight excluding hydrogens is 412 g/mol. The molecular formula is C26H34N6O. The van der Waals surface area contributed by atoms with Crippen molar-refractivity contribution in [2.24, 2.45) is 5.92 Å². The summed E-state index contributed by atoms with van der Waals surface area (Å²) in [6, 6.07) is 10.1. The first kappa shape index (κ1) is 23.0. The molecule has 1 atom stereocenters. The van der Waals surface area contributed by atoms with Crippen molar-refractivity contribution in [1.29, 1.82) is 0 Å². The smallest absolute Gasteiger partial charge is 0.227 e. The minimum atomic E-state index is -0.0595. The molecule has 3 aromatic heterocycles. The van der Waals surface area contributed by atoms with E-state index in [1.165, 1.54) is 0 Å². The Balaban J connectivity index is 1.37. The van der Waals surface area contributed by atoms with Gasteiger partial charge in [0.25, 0.3) is 0 Å². The normalized spacial score (nSPS) is 15.5. The molecule has 1 unspecified atom stereocenters. The van der Waals surface area contributed by atoms with Crippen LogP contribution in [0.4, 0.5) is 11.5 Å². The monoisotopic (exact) mass is 446 g/mol. The van der Waals surface area contributed by atoms with Gasteiger partial charge in [-0.05, 0) is 51.0 Å². The number of nitrogens with one attached hydrogen (secondary N) is 1. The van der Waals surface area contributed by atoms with Gasteiger partial charge in [-0.25, -0.2) is 9.97 Å². The first-order chi connectivity index (χ1) is 15.9. The number of pyridine rings is 2. The van der Waals surface area contributed by atoms with Crippen LogP contribution in [0.5, 0.6) is 0 Å². The molecule has 174 valence electrons. The van der Waals surface area contributed by atoms with Crippen LogP contribution in [0.2, 0.25) is 0 Å². The lowest BCUT2D eigenvalue weighted by Crippen LogP contribution is -2.41. The van der Waals surface area contributed by atoms with E-state index in [9.17, 15) is 4.79 Å². The molecule has 1 aliphatic heterocycles. The lowest BCUT2D eigenvalue weighted by Gasteiger charge is -2.33. The molecule has 3 aromatic rings. The van der Waals surface area contributed by atoms with E-state index in [1.54, 1.807) is 0 Å². The van der Waals surface area contributed by atoms with E-state index in [4.69, 9.17) is 4.98 Å². The molecule has 1 aliphatic rings. The second-order valence-corrected chi connectivity index (χ2v) is 9.06. The molecule has 0 aromatic carbocycles.